The van der Waals surface area contributed by atoms with E-state index in [0.29, 0.717) is 37.4 Å². The van der Waals surface area contributed by atoms with Crippen LogP contribution in [0, 0.1) is 5.92 Å². The lowest BCUT2D eigenvalue weighted by atomic mass is 10.1. The van der Waals surface area contributed by atoms with Gasteiger partial charge in [0.25, 0.3) is 0 Å². The van der Waals surface area contributed by atoms with Crippen LogP contribution in [0.5, 0.6) is 0 Å². The van der Waals surface area contributed by atoms with Crippen LogP contribution in [0.3, 0.4) is 0 Å². The van der Waals surface area contributed by atoms with Gasteiger partial charge < -0.3 is 19.6 Å². The molecule has 3 unspecified atom stereocenters. The summed E-state index contributed by atoms with van der Waals surface area (Å²) in [6, 6.07) is 3.87. The number of aliphatic hydroxyl groups is 1. The second-order valence-corrected chi connectivity index (χ2v) is 7.50. The van der Waals surface area contributed by atoms with Crippen LogP contribution in [0.1, 0.15) is 37.7 Å². The van der Waals surface area contributed by atoms with Gasteiger partial charge in [0.15, 0.2) is 0 Å². The quantitative estimate of drug-likeness (QED) is 0.733. The Morgan fingerprint density at radius 3 is 2.84 bits per heavy atom. The van der Waals surface area contributed by atoms with Gasteiger partial charge in [0.05, 0.1) is 18.8 Å². The summed E-state index contributed by atoms with van der Waals surface area (Å²) in [5.41, 5.74) is -0.971. The van der Waals surface area contributed by atoms with Gasteiger partial charge in [-0.3, -0.25) is 9.69 Å². The van der Waals surface area contributed by atoms with Crippen molar-refractivity contribution in [2.75, 3.05) is 39.4 Å². The van der Waals surface area contributed by atoms with Gasteiger partial charge >= 0.3 is 0 Å². The molecular weight excluding hydrogens is 320 g/mol. The van der Waals surface area contributed by atoms with Crippen LogP contribution in [0.4, 0.5) is 0 Å². The summed E-state index contributed by atoms with van der Waals surface area (Å²) in [6.45, 7) is 7.67. The van der Waals surface area contributed by atoms with E-state index in [2.05, 4.69) is 17.1 Å². The van der Waals surface area contributed by atoms with Crippen LogP contribution < -0.4 is 5.32 Å². The van der Waals surface area contributed by atoms with Crippen LogP contribution in [-0.2, 0) is 9.53 Å². The highest BCUT2D eigenvalue weighted by molar-refractivity contribution is 5.91. The number of morpholine rings is 1. The Morgan fingerprint density at radius 1 is 1.44 bits per heavy atom. The molecule has 6 heteroatoms. The third-order valence-corrected chi connectivity index (χ3v) is 4.83. The van der Waals surface area contributed by atoms with Crippen molar-refractivity contribution in [3.05, 3.63) is 29.7 Å². The topological polar surface area (TPSA) is 74.9 Å². The van der Waals surface area contributed by atoms with E-state index in [1.54, 1.807) is 13.0 Å². The molecule has 1 amide bonds. The SMILES string of the molecule is CC1CC1c1ccc(C=CC(=O)NCC(C)(O)CN2CCOCC2)o1. The molecule has 0 spiro atoms. The highest BCUT2D eigenvalue weighted by atomic mass is 16.5. The van der Waals surface area contributed by atoms with E-state index in [-0.39, 0.29) is 12.5 Å². The molecule has 0 bridgehead atoms. The normalized spacial score (nSPS) is 26.5. The van der Waals surface area contributed by atoms with E-state index >= 15 is 0 Å². The molecule has 1 saturated heterocycles. The van der Waals surface area contributed by atoms with Crippen molar-refractivity contribution < 1.29 is 19.1 Å². The van der Waals surface area contributed by atoms with E-state index in [1.165, 1.54) is 12.5 Å². The van der Waals surface area contributed by atoms with Crippen LogP contribution in [0.15, 0.2) is 22.6 Å². The molecule has 0 radical (unpaired) electrons. The van der Waals surface area contributed by atoms with Crippen LogP contribution in [-0.4, -0.2) is 60.9 Å². The van der Waals surface area contributed by atoms with Crippen LogP contribution in [0.25, 0.3) is 6.08 Å². The number of furan rings is 1. The van der Waals surface area contributed by atoms with Crippen LogP contribution in [0.2, 0.25) is 0 Å². The average Bonchev–Trinajstić information content (AvgIpc) is 3.12. The summed E-state index contributed by atoms with van der Waals surface area (Å²) in [6.07, 6.45) is 4.29. The second-order valence-electron chi connectivity index (χ2n) is 7.50. The summed E-state index contributed by atoms with van der Waals surface area (Å²) in [4.78, 5) is 14.1. The second kappa shape index (κ2) is 7.72. The molecule has 1 aliphatic heterocycles. The molecule has 138 valence electrons. The van der Waals surface area contributed by atoms with Gasteiger partial charge in [-0.1, -0.05) is 6.92 Å². The highest BCUT2D eigenvalue weighted by Gasteiger charge is 2.36. The molecule has 2 fully saturated rings. The first-order chi connectivity index (χ1) is 11.9. The number of rotatable bonds is 7. The zero-order valence-electron chi connectivity index (χ0n) is 15.0. The first kappa shape index (κ1) is 18.2. The molecule has 3 atom stereocenters. The minimum atomic E-state index is -0.971. The largest absolute Gasteiger partial charge is 0.461 e. The zero-order valence-corrected chi connectivity index (χ0v) is 15.0. The molecule has 2 aliphatic rings. The molecule has 2 heterocycles. The lowest BCUT2D eigenvalue weighted by molar-refractivity contribution is -0.117. The van der Waals surface area contributed by atoms with E-state index < -0.39 is 5.60 Å². The zero-order chi connectivity index (χ0) is 17.9. The summed E-state index contributed by atoms with van der Waals surface area (Å²) in [5.74, 6) is 2.68. The molecule has 1 aromatic rings. The van der Waals surface area contributed by atoms with Gasteiger partial charge in [-0.05, 0) is 37.5 Å². The first-order valence-electron chi connectivity index (χ1n) is 9.01. The number of β-amino-alcohol motifs (C(OH)–C–C–N with tert-alkyl or cyclic N) is 1. The fourth-order valence-corrected chi connectivity index (χ4v) is 3.17. The maximum absolute atomic E-state index is 12.0. The molecule has 1 saturated carbocycles. The van der Waals surface area contributed by atoms with Crippen molar-refractivity contribution in [2.24, 2.45) is 5.92 Å². The van der Waals surface area contributed by atoms with Crippen molar-refractivity contribution >= 4 is 12.0 Å². The molecule has 25 heavy (non-hydrogen) atoms. The molecule has 0 aromatic carbocycles. The average molecular weight is 348 g/mol. The standard InChI is InChI=1S/C19H28N2O4/c1-14-11-16(14)17-5-3-15(25-17)4-6-18(22)20-12-19(2,23)13-21-7-9-24-10-8-21/h3-6,14,16,23H,7-13H2,1-2H3,(H,20,22). The third-order valence-electron chi connectivity index (χ3n) is 4.83. The Hall–Kier alpha value is -1.63. The van der Waals surface area contributed by atoms with E-state index in [9.17, 15) is 9.90 Å². The minimum Gasteiger partial charge on any atom is -0.461 e. The first-order valence-corrected chi connectivity index (χ1v) is 9.01. The summed E-state index contributed by atoms with van der Waals surface area (Å²) < 4.78 is 11.0. The summed E-state index contributed by atoms with van der Waals surface area (Å²) in [7, 11) is 0. The summed E-state index contributed by atoms with van der Waals surface area (Å²) >= 11 is 0. The number of ether oxygens (including phenoxy) is 1. The Balaban J connectivity index is 1.42. The van der Waals surface area contributed by atoms with Gasteiger partial charge in [-0.15, -0.1) is 0 Å². The monoisotopic (exact) mass is 348 g/mol. The van der Waals surface area contributed by atoms with Gasteiger partial charge in [-0.2, -0.15) is 0 Å². The van der Waals surface area contributed by atoms with E-state index in [0.717, 1.165) is 18.8 Å². The van der Waals surface area contributed by atoms with E-state index in [1.807, 2.05) is 12.1 Å². The Morgan fingerprint density at radius 2 is 2.16 bits per heavy atom. The molecule has 3 rings (SSSR count). The lowest BCUT2D eigenvalue weighted by Crippen LogP contribution is -2.51. The Labute approximate surface area is 148 Å². The van der Waals surface area contributed by atoms with Gasteiger partial charge in [0.2, 0.25) is 5.91 Å². The van der Waals surface area contributed by atoms with Crippen molar-refractivity contribution in [3.63, 3.8) is 0 Å². The number of hydrogen-bond acceptors (Lipinski definition) is 5. The number of amides is 1. The van der Waals surface area contributed by atoms with Crippen molar-refractivity contribution in [1.82, 2.24) is 10.2 Å². The number of hydrogen-bond donors (Lipinski definition) is 2. The fraction of sp³-hybridized carbons (Fsp3) is 0.632. The molecule has 6 nitrogen and oxygen atoms in total. The Kier molecular flexibility index (Phi) is 5.61. The summed E-state index contributed by atoms with van der Waals surface area (Å²) in [5, 5.41) is 13.2. The molecular formula is C19H28N2O4. The van der Waals surface area contributed by atoms with Crippen molar-refractivity contribution in [3.8, 4) is 0 Å². The molecule has 1 aliphatic carbocycles. The molecule has 1 aromatic heterocycles. The number of carbonyl (C=O) groups excluding carboxylic acids is 1. The predicted molar refractivity (Wildman–Crippen MR) is 95.2 cm³/mol. The molecule has 2 N–H and O–H groups in total. The van der Waals surface area contributed by atoms with Crippen LogP contribution >= 0.6 is 0 Å². The lowest BCUT2D eigenvalue weighted by Gasteiger charge is -2.33. The predicted octanol–water partition coefficient (Wildman–Crippen LogP) is 1.62. The van der Waals surface area contributed by atoms with Crippen molar-refractivity contribution in [1.29, 1.82) is 0 Å². The third kappa shape index (κ3) is 5.42. The number of nitrogens with one attached hydrogen (secondary N) is 1. The maximum Gasteiger partial charge on any atom is 0.244 e. The van der Waals surface area contributed by atoms with Gasteiger partial charge in [0.1, 0.15) is 11.5 Å². The van der Waals surface area contributed by atoms with Crippen molar-refractivity contribution in [2.45, 2.75) is 31.8 Å². The van der Waals surface area contributed by atoms with Gasteiger partial charge in [-0.25, -0.2) is 0 Å². The maximum atomic E-state index is 12.0. The van der Waals surface area contributed by atoms with Gasteiger partial charge in [0, 0.05) is 38.2 Å². The minimum absolute atomic E-state index is 0.205. The highest BCUT2D eigenvalue weighted by Crippen LogP contribution is 2.47. The number of nitrogens with zero attached hydrogens (tertiary/aromatic N) is 1. The smallest absolute Gasteiger partial charge is 0.244 e. The fourth-order valence-electron chi connectivity index (χ4n) is 3.17. The Bertz CT molecular complexity index is 617. The number of carbonyl (C=O) groups is 1. The van der Waals surface area contributed by atoms with E-state index in [4.69, 9.17) is 9.15 Å².